The molecule has 47 heavy (non-hydrogen) atoms. The molecule has 238 valence electrons. The molecule has 0 unspecified atom stereocenters. The number of alkyl halides is 1. The lowest BCUT2D eigenvalue weighted by Gasteiger charge is -2.17. The first-order chi connectivity index (χ1) is 22.8. The highest BCUT2D eigenvalue weighted by atomic mass is 127. The predicted molar refractivity (Wildman–Crippen MR) is 203 cm³/mol. The molecule has 6 aromatic rings. The standard InChI is InChI=1S/C35H30IN5O4S2/c1-46-47-11-10-32(43)37-22-6-8-26-19(12-22)14-28(39-26)34(44)38-23-7-9-27-20(13-23)15-29(40-27)35(45)41-18-21(17-36)33-25-5-3-2-4-24(25)31(42)16-30(33)41/h2-9,12-16,21,39-40,42H,10-11,17-18H2,1H3,(H,37,43)(H,38,44)/t21-/m1/s1. The molecule has 0 bridgehead atoms. The van der Waals surface area contributed by atoms with Gasteiger partial charge in [0, 0.05) is 73.7 Å². The quantitative estimate of drug-likeness (QED) is 0.0435. The van der Waals surface area contributed by atoms with E-state index in [0.29, 0.717) is 35.7 Å². The van der Waals surface area contributed by atoms with Crippen LogP contribution in [0, 0.1) is 0 Å². The highest BCUT2D eigenvalue weighted by Crippen LogP contribution is 2.46. The van der Waals surface area contributed by atoms with Crippen molar-refractivity contribution in [2.24, 2.45) is 0 Å². The van der Waals surface area contributed by atoms with Gasteiger partial charge in [0.25, 0.3) is 11.8 Å². The summed E-state index contributed by atoms with van der Waals surface area (Å²) in [5, 5.41) is 20.0. The lowest BCUT2D eigenvalue weighted by molar-refractivity contribution is -0.115. The molecule has 4 aromatic carbocycles. The zero-order chi connectivity index (χ0) is 32.7. The average Bonchev–Trinajstić information content (AvgIpc) is 3.79. The fourth-order valence-electron chi connectivity index (χ4n) is 6.19. The number of H-pyrrole nitrogens is 2. The van der Waals surface area contributed by atoms with Gasteiger partial charge in [-0.15, -0.1) is 0 Å². The molecule has 9 nitrogen and oxygen atoms in total. The minimum Gasteiger partial charge on any atom is -0.507 e. The Balaban J connectivity index is 1.08. The Morgan fingerprint density at radius 3 is 2.26 bits per heavy atom. The summed E-state index contributed by atoms with van der Waals surface area (Å²) in [6, 6.07) is 24.0. The van der Waals surface area contributed by atoms with Gasteiger partial charge in [0.1, 0.15) is 17.1 Å². The van der Waals surface area contributed by atoms with Gasteiger partial charge in [-0.05, 0) is 65.7 Å². The van der Waals surface area contributed by atoms with Crippen molar-refractivity contribution < 1.29 is 19.5 Å². The minimum absolute atomic E-state index is 0.0487. The van der Waals surface area contributed by atoms with Crippen molar-refractivity contribution in [2.45, 2.75) is 12.3 Å². The van der Waals surface area contributed by atoms with Crippen LogP contribution in [0.25, 0.3) is 32.6 Å². The number of nitrogens with zero attached hydrogens (tertiary/aromatic N) is 1. The van der Waals surface area contributed by atoms with E-state index in [1.165, 1.54) is 0 Å². The summed E-state index contributed by atoms with van der Waals surface area (Å²) in [6.07, 6.45) is 2.41. The molecular formula is C35H30IN5O4S2. The maximum absolute atomic E-state index is 13.9. The molecule has 12 heteroatoms. The molecule has 0 saturated carbocycles. The summed E-state index contributed by atoms with van der Waals surface area (Å²) in [5.74, 6) is 0.509. The zero-order valence-corrected chi connectivity index (χ0v) is 29.0. The fraction of sp³-hybridized carbons (Fsp3) is 0.171. The second-order valence-electron chi connectivity index (χ2n) is 11.4. The van der Waals surface area contributed by atoms with Crippen LogP contribution in [0.3, 0.4) is 0 Å². The Kier molecular flexibility index (Phi) is 8.81. The van der Waals surface area contributed by atoms with Gasteiger partial charge in [-0.2, -0.15) is 0 Å². The van der Waals surface area contributed by atoms with Crippen molar-refractivity contribution in [3.05, 3.63) is 95.8 Å². The monoisotopic (exact) mass is 775 g/mol. The first-order valence-electron chi connectivity index (χ1n) is 15.0. The van der Waals surface area contributed by atoms with Crippen LogP contribution in [0.2, 0.25) is 0 Å². The van der Waals surface area contributed by atoms with Crippen LogP contribution in [0.4, 0.5) is 17.1 Å². The van der Waals surface area contributed by atoms with E-state index in [2.05, 4.69) is 43.2 Å². The third-order valence-electron chi connectivity index (χ3n) is 8.36. The van der Waals surface area contributed by atoms with Crippen LogP contribution in [0.1, 0.15) is 38.9 Å². The maximum atomic E-state index is 13.9. The Morgan fingerprint density at radius 2 is 1.55 bits per heavy atom. The Labute approximate surface area is 291 Å². The lowest BCUT2D eigenvalue weighted by atomic mass is 9.95. The van der Waals surface area contributed by atoms with Crippen LogP contribution >= 0.6 is 44.2 Å². The minimum atomic E-state index is -0.308. The van der Waals surface area contributed by atoms with E-state index in [1.807, 2.05) is 60.9 Å². The Hall–Kier alpha value is -4.14. The van der Waals surface area contributed by atoms with Crippen molar-refractivity contribution in [2.75, 3.05) is 38.5 Å². The molecule has 0 aliphatic carbocycles. The molecule has 1 aliphatic rings. The van der Waals surface area contributed by atoms with E-state index in [-0.39, 0.29) is 29.4 Å². The van der Waals surface area contributed by atoms with Gasteiger partial charge < -0.3 is 30.6 Å². The number of hydrogen-bond acceptors (Lipinski definition) is 6. The molecule has 7 rings (SSSR count). The van der Waals surface area contributed by atoms with Crippen LogP contribution in [0.5, 0.6) is 5.75 Å². The highest BCUT2D eigenvalue weighted by molar-refractivity contribution is 14.1. The highest BCUT2D eigenvalue weighted by Gasteiger charge is 2.35. The molecular weight excluding hydrogens is 745 g/mol. The van der Waals surface area contributed by atoms with Crippen molar-refractivity contribution >= 4 is 112 Å². The SMILES string of the molecule is CSSCCC(=O)Nc1ccc2[nH]c(C(=O)Nc3ccc4[nH]c(C(=O)N5C[C@@H](CI)c6c5cc(O)c5ccccc65)cc4c3)cc2c1. The Bertz CT molecular complexity index is 2200. The van der Waals surface area contributed by atoms with E-state index in [9.17, 15) is 19.5 Å². The van der Waals surface area contributed by atoms with Crippen molar-refractivity contribution in [3.8, 4) is 5.75 Å². The van der Waals surface area contributed by atoms with E-state index in [4.69, 9.17) is 0 Å². The van der Waals surface area contributed by atoms with Crippen molar-refractivity contribution in [3.63, 3.8) is 0 Å². The number of fused-ring (bicyclic) bond motifs is 5. The van der Waals surface area contributed by atoms with Gasteiger partial charge in [-0.25, -0.2) is 0 Å². The number of phenols is 1. The number of carbonyl (C=O) groups excluding carboxylic acids is 3. The number of halogens is 1. The zero-order valence-electron chi connectivity index (χ0n) is 25.2. The number of phenolic OH excluding ortho intramolecular Hbond substituents is 1. The maximum Gasteiger partial charge on any atom is 0.274 e. The van der Waals surface area contributed by atoms with Gasteiger partial charge in [0.05, 0.1) is 5.69 Å². The number of rotatable bonds is 9. The summed E-state index contributed by atoms with van der Waals surface area (Å²) in [5.41, 5.74) is 5.45. The number of benzene rings is 4. The Morgan fingerprint density at radius 1 is 0.894 bits per heavy atom. The van der Waals surface area contributed by atoms with Crippen LogP contribution in [0.15, 0.2) is 78.9 Å². The number of anilines is 3. The molecule has 2 aromatic heterocycles. The number of nitrogens with one attached hydrogen (secondary N) is 4. The molecule has 0 fully saturated rings. The van der Waals surface area contributed by atoms with E-state index >= 15 is 0 Å². The number of amides is 3. The summed E-state index contributed by atoms with van der Waals surface area (Å²) < 4.78 is 0.838. The second-order valence-corrected chi connectivity index (χ2v) is 14.9. The first kappa shape index (κ1) is 31.5. The first-order valence-corrected chi connectivity index (χ1v) is 19.2. The van der Waals surface area contributed by atoms with Crippen LogP contribution in [-0.2, 0) is 4.79 Å². The summed E-state index contributed by atoms with van der Waals surface area (Å²) in [7, 11) is 3.28. The molecule has 0 saturated heterocycles. The number of carbonyl (C=O) groups is 3. The van der Waals surface area contributed by atoms with Crippen molar-refractivity contribution in [1.29, 1.82) is 0 Å². The summed E-state index contributed by atoms with van der Waals surface area (Å²) >= 11 is 2.36. The normalized spacial score (nSPS) is 14.2. The van der Waals surface area contributed by atoms with Crippen molar-refractivity contribution in [1.82, 2.24) is 9.97 Å². The van der Waals surface area contributed by atoms with Crippen LogP contribution < -0.4 is 15.5 Å². The third kappa shape index (κ3) is 6.17. The predicted octanol–water partition coefficient (Wildman–Crippen LogP) is 8.28. The van der Waals surface area contributed by atoms with E-state index in [0.717, 1.165) is 54.0 Å². The number of aromatic nitrogens is 2. The van der Waals surface area contributed by atoms with Gasteiger partial charge in [-0.1, -0.05) is 68.4 Å². The van der Waals surface area contributed by atoms with E-state index < -0.39 is 0 Å². The second kappa shape index (κ2) is 13.2. The average molecular weight is 776 g/mol. The molecule has 3 heterocycles. The van der Waals surface area contributed by atoms with Gasteiger partial charge in [0.15, 0.2) is 0 Å². The lowest BCUT2D eigenvalue weighted by Crippen LogP contribution is -2.30. The fourth-order valence-corrected chi connectivity index (χ4v) is 8.09. The summed E-state index contributed by atoms with van der Waals surface area (Å²) in [6.45, 7) is 0.525. The number of hydrogen-bond donors (Lipinski definition) is 5. The van der Waals surface area contributed by atoms with Gasteiger partial charge in [0.2, 0.25) is 5.91 Å². The third-order valence-corrected chi connectivity index (χ3v) is 11.2. The smallest absolute Gasteiger partial charge is 0.274 e. The largest absolute Gasteiger partial charge is 0.507 e. The molecule has 3 amide bonds. The molecule has 0 spiro atoms. The van der Waals surface area contributed by atoms with Gasteiger partial charge in [-0.3, -0.25) is 14.4 Å². The van der Waals surface area contributed by atoms with Crippen LogP contribution in [-0.4, -0.2) is 55.8 Å². The number of aromatic amines is 2. The topological polar surface area (TPSA) is 130 Å². The summed E-state index contributed by atoms with van der Waals surface area (Å²) in [4.78, 5) is 47.5. The molecule has 5 N–H and O–H groups in total. The molecule has 1 aliphatic heterocycles. The van der Waals surface area contributed by atoms with Gasteiger partial charge >= 0.3 is 0 Å². The van der Waals surface area contributed by atoms with E-state index in [1.54, 1.807) is 50.8 Å². The molecule has 1 atom stereocenters. The number of aromatic hydroxyl groups is 1. The molecule has 0 radical (unpaired) electrons.